The molecule has 0 bridgehead atoms. The van der Waals surface area contributed by atoms with E-state index in [4.69, 9.17) is 9.47 Å². The maximum Gasteiger partial charge on any atom is 0.193 e. The maximum absolute atomic E-state index is 6.08. The third-order valence-electron chi connectivity index (χ3n) is 6.61. The van der Waals surface area contributed by atoms with Crippen LogP contribution in [0, 0.1) is 5.92 Å². The highest BCUT2D eigenvalue weighted by Crippen LogP contribution is 2.20. The number of guanidine groups is 1. The Balaban J connectivity index is 0.00000272. The van der Waals surface area contributed by atoms with Crippen molar-refractivity contribution < 1.29 is 9.47 Å². The van der Waals surface area contributed by atoms with E-state index in [-0.39, 0.29) is 24.0 Å². The predicted molar refractivity (Wildman–Crippen MR) is 136 cm³/mol. The molecule has 6 nitrogen and oxygen atoms in total. The molecule has 3 fully saturated rings. The van der Waals surface area contributed by atoms with Gasteiger partial charge in [-0.1, -0.05) is 24.3 Å². The molecule has 1 N–H and O–H groups in total. The Labute approximate surface area is 204 Å². The lowest BCUT2D eigenvalue weighted by molar-refractivity contribution is -0.0390. The molecule has 4 rings (SSSR count). The van der Waals surface area contributed by atoms with Gasteiger partial charge in [0.15, 0.2) is 5.96 Å². The molecule has 3 saturated heterocycles. The molecule has 0 radical (unpaired) electrons. The van der Waals surface area contributed by atoms with Crippen LogP contribution in [0.1, 0.15) is 43.2 Å². The van der Waals surface area contributed by atoms with Crippen LogP contribution in [0.3, 0.4) is 0 Å². The minimum atomic E-state index is 0. The van der Waals surface area contributed by atoms with Crippen LogP contribution >= 0.6 is 24.0 Å². The van der Waals surface area contributed by atoms with Gasteiger partial charge in [0.25, 0.3) is 0 Å². The number of benzene rings is 1. The van der Waals surface area contributed by atoms with Crippen molar-refractivity contribution in [1.29, 1.82) is 0 Å². The summed E-state index contributed by atoms with van der Waals surface area (Å²) in [5.41, 5.74) is 2.51. The number of nitrogens with one attached hydrogen (secondary N) is 1. The molecule has 1 aromatic rings. The van der Waals surface area contributed by atoms with E-state index in [1.807, 2.05) is 7.05 Å². The Morgan fingerprint density at radius 3 is 2.68 bits per heavy atom. The standard InChI is InChI=1S/C24H38N4O2.HI/c1-25-24(28-12-7-22(18-28)17-27-10-2-3-11-27)26-16-20-5-4-6-21(15-20)19-30-23-8-13-29-14-9-23;/h4-6,15,22-23H,2-3,7-14,16-19H2,1H3,(H,25,26);1H. The number of aliphatic imine (C=N–C) groups is 1. The number of ether oxygens (including phenoxy) is 2. The minimum absolute atomic E-state index is 0. The summed E-state index contributed by atoms with van der Waals surface area (Å²) in [5, 5.41) is 3.58. The van der Waals surface area contributed by atoms with Gasteiger partial charge in [-0.15, -0.1) is 24.0 Å². The van der Waals surface area contributed by atoms with Crippen molar-refractivity contribution in [2.45, 2.75) is 51.4 Å². The monoisotopic (exact) mass is 542 g/mol. The van der Waals surface area contributed by atoms with E-state index in [0.29, 0.717) is 12.7 Å². The fraction of sp³-hybridized carbons (Fsp3) is 0.708. The molecule has 0 saturated carbocycles. The Kier molecular flexibility index (Phi) is 10.3. The number of hydrogen-bond acceptors (Lipinski definition) is 4. The van der Waals surface area contributed by atoms with E-state index in [1.165, 1.54) is 50.0 Å². The van der Waals surface area contributed by atoms with Crippen molar-refractivity contribution >= 4 is 29.9 Å². The average Bonchev–Trinajstić information content (AvgIpc) is 3.47. The lowest BCUT2D eigenvalue weighted by atomic mass is 10.1. The lowest BCUT2D eigenvalue weighted by Crippen LogP contribution is -2.40. The number of rotatable bonds is 7. The predicted octanol–water partition coefficient (Wildman–Crippen LogP) is 3.49. The summed E-state index contributed by atoms with van der Waals surface area (Å²) in [6.45, 7) is 9.18. The van der Waals surface area contributed by atoms with Crippen molar-refractivity contribution in [2.75, 3.05) is 53.0 Å². The molecule has 1 unspecified atom stereocenters. The first-order valence-corrected chi connectivity index (χ1v) is 11.8. The van der Waals surface area contributed by atoms with E-state index in [0.717, 1.165) is 57.6 Å². The van der Waals surface area contributed by atoms with Crippen molar-refractivity contribution in [3.05, 3.63) is 35.4 Å². The van der Waals surface area contributed by atoms with Crippen LogP contribution < -0.4 is 5.32 Å². The Hall–Kier alpha value is -0.900. The van der Waals surface area contributed by atoms with Crippen molar-refractivity contribution in [1.82, 2.24) is 15.1 Å². The van der Waals surface area contributed by atoms with E-state index < -0.39 is 0 Å². The molecular weight excluding hydrogens is 503 g/mol. The maximum atomic E-state index is 6.08. The van der Waals surface area contributed by atoms with Gasteiger partial charge in [0.2, 0.25) is 0 Å². The summed E-state index contributed by atoms with van der Waals surface area (Å²) in [6.07, 6.45) is 6.37. The number of likely N-dealkylation sites (tertiary alicyclic amines) is 2. The third-order valence-corrected chi connectivity index (χ3v) is 6.61. The van der Waals surface area contributed by atoms with Gasteiger partial charge >= 0.3 is 0 Å². The van der Waals surface area contributed by atoms with Gasteiger partial charge in [0, 0.05) is 46.4 Å². The highest BCUT2D eigenvalue weighted by atomic mass is 127. The second-order valence-corrected chi connectivity index (χ2v) is 8.95. The quantitative estimate of drug-likeness (QED) is 0.325. The molecule has 0 aliphatic carbocycles. The van der Waals surface area contributed by atoms with E-state index in [9.17, 15) is 0 Å². The molecule has 7 heteroatoms. The van der Waals surface area contributed by atoms with Crippen molar-refractivity contribution in [3.8, 4) is 0 Å². The van der Waals surface area contributed by atoms with E-state index >= 15 is 0 Å². The summed E-state index contributed by atoms with van der Waals surface area (Å²) in [4.78, 5) is 9.62. The Morgan fingerprint density at radius 1 is 1.13 bits per heavy atom. The summed E-state index contributed by atoms with van der Waals surface area (Å²) in [7, 11) is 1.90. The molecule has 174 valence electrons. The van der Waals surface area contributed by atoms with Gasteiger partial charge in [-0.25, -0.2) is 0 Å². The zero-order valence-corrected chi connectivity index (χ0v) is 21.3. The van der Waals surface area contributed by atoms with Gasteiger partial charge < -0.3 is 24.6 Å². The van der Waals surface area contributed by atoms with Gasteiger partial charge in [-0.2, -0.15) is 0 Å². The Bertz CT molecular complexity index is 690. The molecule has 0 spiro atoms. The fourth-order valence-electron chi connectivity index (χ4n) is 4.90. The SMILES string of the molecule is CN=C(NCc1cccc(COC2CCOCC2)c1)N1CCC(CN2CCCC2)C1.I. The highest BCUT2D eigenvalue weighted by molar-refractivity contribution is 14.0. The van der Waals surface area contributed by atoms with Crippen LogP contribution in [0.15, 0.2) is 29.3 Å². The molecule has 0 amide bonds. The first kappa shape index (κ1) is 24.7. The van der Waals surface area contributed by atoms with Crippen LogP contribution in [0.4, 0.5) is 0 Å². The number of halogens is 1. The first-order valence-electron chi connectivity index (χ1n) is 11.8. The molecular formula is C24H39IN4O2. The van der Waals surface area contributed by atoms with Crippen LogP contribution in [0.5, 0.6) is 0 Å². The minimum Gasteiger partial charge on any atom is -0.381 e. The first-order chi connectivity index (χ1) is 14.8. The van der Waals surface area contributed by atoms with Crippen molar-refractivity contribution in [2.24, 2.45) is 10.9 Å². The molecule has 3 aliphatic rings. The average molecular weight is 543 g/mol. The molecule has 3 heterocycles. The van der Waals surface area contributed by atoms with Crippen LogP contribution in [-0.4, -0.2) is 74.8 Å². The second-order valence-electron chi connectivity index (χ2n) is 8.95. The van der Waals surface area contributed by atoms with Gasteiger partial charge in [-0.3, -0.25) is 4.99 Å². The van der Waals surface area contributed by atoms with Gasteiger partial charge in [-0.05, 0) is 62.2 Å². The molecule has 1 atom stereocenters. The van der Waals surface area contributed by atoms with E-state index in [1.54, 1.807) is 0 Å². The van der Waals surface area contributed by atoms with E-state index in [2.05, 4.69) is 44.4 Å². The topological polar surface area (TPSA) is 49.3 Å². The van der Waals surface area contributed by atoms with Crippen molar-refractivity contribution in [3.63, 3.8) is 0 Å². The smallest absolute Gasteiger partial charge is 0.193 e. The normalized spacial score (nSPS) is 23.2. The Morgan fingerprint density at radius 2 is 1.90 bits per heavy atom. The van der Waals surface area contributed by atoms with Crippen LogP contribution in [0.2, 0.25) is 0 Å². The second kappa shape index (κ2) is 13.0. The summed E-state index contributed by atoms with van der Waals surface area (Å²) in [5.74, 6) is 1.80. The summed E-state index contributed by atoms with van der Waals surface area (Å²) < 4.78 is 11.5. The summed E-state index contributed by atoms with van der Waals surface area (Å²) >= 11 is 0. The number of hydrogen-bond donors (Lipinski definition) is 1. The molecule has 0 aromatic heterocycles. The van der Waals surface area contributed by atoms with Gasteiger partial charge in [0.1, 0.15) is 0 Å². The number of nitrogens with zero attached hydrogens (tertiary/aromatic N) is 3. The molecule has 3 aliphatic heterocycles. The zero-order chi connectivity index (χ0) is 20.6. The van der Waals surface area contributed by atoms with Crippen LogP contribution in [-0.2, 0) is 22.6 Å². The lowest BCUT2D eigenvalue weighted by Gasteiger charge is -2.24. The zero-order valence-electron chi connectivity index (χ0n) is 18.9. The summed E-state index contributed by atoms with van der Waals surface area (Å²) in [6, 6.07) is 8.71. The third kappa shape index (κ3) is 7.58. The van der Waals surface area contributed by atoms with Crippen LogP contribution in [0.25, 0.3) is 0 Å². The molecule has 31 heavy (non-hydrogen) atoms. The molecule has 1 aromatic carbocycles. The largest absolute Gasteiger partial charge is 0.381 e. The fourth-order valence-corrected chi connectivity index (χ4v) is 4.90. The highest BCUT2D eigenvalue weighted by Gasteiger charge is 2.27. The van der Waals surface area contributed by atoms with Gasteiger partial charge in [0.05, 0.1) is 12.7 Å².